The molecule has 30 heavy (non-hydrogen) atoms. The van der Waals surface area contributed by atoms with Gasteiger partial charge in [-0.1, -0.05) is 0 Å². The highest BCUT2D eigenvalue weighted by Gasteiger charge is 2.38. The van der Waals surface area contributed by atoms with Crippen LogP contribution in [0.5, 0.6) is 0 Å². The first-order valence-electron chi connectivity index (χ1n) is 9.32. The molecular formula is C17H16F3N9O. The lowest BCUT2D eigenvalue weighted by atomic mass is 9.96. The molecule has 156 valence electrons. The van der Waals surface area contributed by atoms with E-state index in [1.165, 1.54) is 0 Å². The van der Waals surface area contributed by atoms with Crippen LogP contribution in [0.2, 0.25) is 0 Å². The molecule has 0 aromatic carbocycles. The molecule has 4 aromatic rings. The van der Waals surface area contributed by atoms with Crippen LogP contribution in [-0.4, -0.2) is 57.8 Å². The number of hydrogen-bond acceptors (Lipinski definition) is 8. The molecule has 0 aliphatic carbocycles. The Kier molecular flexibility index (Phi) is 4.46. The molecule has 0 spiro atoms. The zero-order valence-corrected chi connectivity index (χ0v) is 15.6. The molecule has 0 bridgehead atoms. The van der Waals surface area contributed by atoms with Crippen LogP contribution in [0.3, 0.4) is 0 Å². The smallest absolute Gasteiger partial charge is 0.416 e. The number of aromatic nitrogens is 8. The van der Waals surface area contributed by atoms with Crippen molar-refractivity contribution in [3.05, 3.63) is 48.2 Å². The van der Waals surface area contributed by atoms with Crippen molar-refractivity contribution in [2.75, 3.05) is 13.1 Å². The van der Waals surface area contributed by atoms with E-state index in [4.69, 9.17) is 4.42 Å². The molecule has 0 atom stereocenters. The van der Waals surface area contributed by atoms with Gasteiger partial charge in [-0.3, -0.25) is 4.90 Å². The van der Waals surface area contributed by atoms with E-state index in [1.54, 1.807) is 21.6 Å². The van der Waals surface area contributed by atoms with Gasteiger partial charge in [-0.05, 0) is 44.1 Å². The average molecular weight is 419 g/mol. The Morgan fingerprint density at radius 3 is 2.60 bits per heavy atom. The quantitative estimate of drug-likeness (QED) is 0.495. The second-order valence-electron chi connectivity index (χ2n) is 7.02. The molecule has 0 radical (unpaired) electrons. The van der Waals surface area contributed by atoms with Crippen LogP contribution in [-0.2, 0) is 12.7 Å². The number of likely N-dealkylation sites (tertiary alicyclic amines) is 1. The summed E-state index contributed by atoms with van der Waals surface area (Å²) < 4.78 is 45.9. The fourth-order valence-corrected chi connectivity index (χ4v) is 3.55. The molecular weight excluding hydrogens is 403 g/mol. The predicted molar refractivity (Wildman–Crippen MR) is 94.5 cm³/mol. The first-order chi connectivity index (χ1) is 14.5. The second kappa shape index (κ2) is 7.16. The minimum absolute atomic E-state index is 0.0424. The van der Waals surface area contributed by atoms with Gasteiger partial charge in [0.2, 0.25) is 5.89 Å². The van der Waals surface area contributed by atoms with Crippen molar-refractivity contribution in [2.45, 2.75) is 31.5 Å². The first-order valence-corrected chi connectivity index (χ1v) is 9.32. The fourth-order valence-electron chi connectivity index (χ4n) is 3.55. The molecule has 4 aromatic heterocycles. The number of hydrogen-bond donors (Lipinski definition) is 0. The van der Waals surface area contributed by atoms with Gasteiger partial charge in [0.1, 0.15) is 0 Å². The van der Waals surface area contributed by atoms with E-state index >= 15 is 0 Å². The van der Waals surface area contributed by atoms with Crippen LogP contribution in [0.25, 0.3) is 11.5 Å². The molecule has 1 saturated heterocycles. The summed E-state index contributed by atoms with van der Waals surface area (Å²) in [5.41, 5.74) is 0.647. The summed E-state index contributed by atoms with van der Waals surface area (Å²) in [6, 6.07) is 5.47. The van der Waals surface area contributed by atoms with Crippen molar-refractivity contribution in [2.24, 2.45) is 0 Å². The molecule has 10 nitrogen and oxygen atoms in total. The highest BCUT2D eigenvalue weighted by molar-refractivity contribution is 5.39. The lowest BCUT2D eigenvalue weighted by molar-refractivity contribution is -0.157. The highest BCUT2D eigenvalue weighted by Crippen LogP contribution is 2.30. The maximum Gasteiger partial charge on any atom is 0.470 e. The SMILES string of the molecule is FC(F)(F)c1nnc(CN2CCC(c3nnc4ccc(-n5cccn5)nn34)CC2)o1. The molecule has 1 fully saturated rings. The highest BCUT2D eigenvalue weighted by atomic mass is 19.4. The number of nitrogens with zero attached hydrogens (tertiary/aromatic N) is 9. The first kappa shape index (κ1) is 18.7. The predicted octanol–water partition coefficient (Wildman–Crippen LogP) is 2.09. The van der Waals surface area contributed by atoms with E-state index < -0.39 is 12.1 Å². The molecule has 0 N–H and O–H groups in total. The Balaban J connectivity index is 1.28. The summed E-state index contributed by atoms with van der Waals surface area (Å²) in [5, 5.41) is 23.9. The minimum atomic E-state index is -4.63. The van der Waals surface area contributed by atoms with E-state index in [-0.39, 0.29) is 18.4 Å². The lowest BCUT2D eigenvalue weighted by Crippen LogP contribution is -2.33. The van der Waals surface area contributed by atoms with E-state index in [1.807, 2.05) is 23.1 Å². The third-order valence-corrected chi connectivity index (χ3v) is 5.03. The van der Waals surface area contributed by atoms with Crippen LogP contribution < -0.4 is 0 Å². The number of alkyl halides is 3. The topological polar surface area (TPSA) is 103 Å². The normalized spacial score (nSPS) is 16.5. The Bertz CT molecular complexity index is 1140. The molecule has 0 unspecified atom stereocenters. The van der Waals surface area contributed by atoms with Crippen molar-refractivity contribution in [1.29, 1.82) is 0 Å². The summed E-state index contributed by atoms with van der Waals surface area (Å²) >= 11 is 0. The molecule has 1 aliphatic rings. The standard InChI is InChI=1S/C17H16F3N9O/c18-17(19,20)16-25-23-14(30-16)10-27-8-4-11(5-9-27)15-24-22-12-2-3-13(26-29(12)15)28-7-1-6-21-28/h1-3,6-7,11H,4-5,8-10H2. The average Bonchev–Trinajstić information content (AvgIpc) is 3.48. The van der Waals surface area contributed by atoms with E-state index in [2.05, 4.69) is 30.6 Å². The number of fused-ring (bicyclic) bond motifs is 1. The Labute approximate surface area is 167 Å². The fraction of sp³-hybridized carbons (Fsp3) is 0.412. The van der Waals surface area contributed by atoms with Crippen LogP contribution in [0.1, 0.15) is 36.4 Å². The lowest BCUT2D eigenvalue weighted by Gasteiger charge is -2.29. The molecule has 5 heterocycles. The summed E-state index contributed by atoms with van der Waals surface area (Å²) in [6.07, 6.45) is 0.368. The minimum Gasteiger partial charge on any atom is -0.416 e. The van der Waals surface area contributed by atoms with Gasteiger partial charge in [-0.2, -0.15) is 22.8 Å². The Hall–Kier alpha value is -3.35. The number of piperidine rings is 1. The Morgan fingerprint density at radius 2 is 1.90 bits per heavy atom. The largest absolute Gasteiger partial charge is 0.470 e. The van der Waals surface area contributed by atoms with Crippen molar-refractivity contribution >= 4 is 5.65 Å². The maximum atomic E-state index is 12.6. The molecule has 0 amide bonds. The van der Waals surface area contributed by atoms with Gasteiger partial charge in [-0.25, -0.2) is 4.68 Å². The zero-order chi connectivity index (χ0) is 20.7. The van der Waals surface area contributed by atoms with Crippen LogP contribution in [0, 0.1) is 0 Å². The zero-order valence-electron chi connectivity index (χ0n) is 15.6. The summed E-state index contributed by atoms with van der Waals surface area (Å²) in [6.45, 7) is 1.49. The maximum absolute atomic E-state index is 12.6. The molecule has 1 aliphatic heterocycles. The third kappa shape index (κ3) is 3.51. The van der Waals surface area contributed by atoms with Gasteiger partial charge in [0.05, 0.1) is 6.54 Å². The van der Waals surface area contributed by atoms with Crippen molar-refractivity contribution in [3.63, 3.8) is 0 Å². The Morgan fingerprint density at radius 1 is 1.07 bits per heavy atom. The molecule has 0 saturated carbocycles. The van der Waals surface area contributed by atoms with Gasteiger partial charge in [0, 0.05) is 18.3 Å². The summed E-state index contributed by atoms with van der Waals surface area (Å²) in [7, 11) is 0. The van der Waals surface area contributed by atoms with Crippen molar-refractivity contribution in [3.8, 4) is 5.82 Å². The van der Waals surface area contributed by atoms with Crippen LogP contribution >= 0.6 is 0 Å². The van der Waals surface area contributed by atoms with Crippen molar-refractivity contribution < 1.29 is 17.6 Å². The van der Waals surface area contributed by atoms with Crippen molar-refractivity contribution in [1.82, 2.24) is 44.7 Å². The van der Waals surface area contributed by atoms with Gasteiger partial charge >= 0.3 is 12.1 Å². The number of rotatable bonds is 4. The van der Waals surface area contributed by atoms with E-state index in [0.717, 1.165) is 18.7 Å². The summed E-state index contributed by atoms with van der Waals surface area (Å²) in [5.74, 6) is 0.185. The summed E-state index contributed by atoms with van der Waals surface area (Å²) in [4.78, 5) is 1.98. The second-order valence-corrected chi connectivity index (χ2v) is 7.02. The molecule has 5 rings (SSSR count). The van der Waals surface area contributed by atoms with Gasteiger partial charge in [0.25, 0.3) is 0 Å². The van der Waals surface area contributed by atoms with Crippen LogP contribution in [0.15, 0.2) is 35.0 Å². The molecule has 13 heteroatoms. The van der Waals surface area contributed by atoms with Gasteiger partial charge < -0.3 is 4.42 Å². The van der Waals surface area contributed by atoms with Crippen LogP contribution in [0.4, 0.5) is 13.2 Å². The third-order valence-electron chi connectivity index (χ3n) is 5.03. The van der Waals surface area contributed by atoms with Gasteiger partial charge in [-0.15, -0.1) is 25.5 Å². The monoisotopic (exact) mass is 419 g/mol. The van der Waals surface area contributed by atoms with Gasteiger partial charge in [0.15, 0.2) is 17.3 Å². The number of halogens is 3. The van der Waals surface area contributed by atoms with E-state index in [0.29, 0.717) is 24.6 Å². The van der Waals surface area contributed by atoms with E-state index in [9.17, 15) is 13.2 Å².